The van der Waals surface area contributed by atoms with Gasteiger partial charge in [0.15, 0.2) is 11.5 Å². The monoisotopic (exact) mass is 778 g/mol. The molecule has 0 saturated carbocycles. The maximum absolute atomic E-state index is 13.2. The quantitative estimate of drug-likeness (QED) is 0.0794. The molecular weight excluding hydrogens is 722 g/mol. The Morgan fingerprint density at radius 2 is 1.50 bits per heavy atom. The first-order chi connectivity index (χ1) is 26.8. The molecule has 0 saturated heterocycles. The summed E-state index contributed by atoms with van der Waals surface area (Å²) in [6, 6.07) is 16.8. The van der Waals surface area contributed by atoms with E-state index in [9.17, 15) is 13.2 Å². The Morgan fingerprint density at radius 1 is 0.804 bits per heavy atom. The van der Waals surface area contributed by atoms with Crippen molar-refractivity contribution in [2.24, 2.45) is 5.73 Å². The van der Waals surface area contributed by atoms with Crippen molar-refractivity contribution in [3.05, 3.63) is 78.0 Å². The van der Waals surface area contributed by atoms with Crippen LogP contribution < -0.4 is 35.3 Å². The van der Waals surface area contributed by atoms with Gasteiger partial charge in [0.2, 0.25) is 5.88 Å². The molecule has 2 aromatic heterocycles. The highest BCUT2D eigenvalue weighted by atomic mass is 19.4. The molecule has 0 bridgehead atoms. The number of halogens is 3. The van der Waals surface area contributed by atoms with Gasteiger partial charge in [-0.2, -0.15) is 13.2 Å². The van der Waals surface area contributed by atoms with Crippen molar-refractivity contribution in [2.75, 3.05) is 58.1 Å². The van der Waals surface area contributed by atoms with Gasteiger partial charge < -0.3 is 40.2 Å². The highest BCUT2D eigenvalue weighted by Gasteiger charge is 2.31. The van der Waals surface area contributed by atoms with Crippen molar-refractivity contribution in [2.45, 2.75) is 78.6 Å². The van der Waals surface area contributed by atoms with Crippen LogP contribution in [0.2, 0.25) is 0 Å². The number of rotatable bonds is 18. The van der Waals surface area contributed by atoms with Crippen LogP contribution in [0.25, 0.3) is 21.8 Å². The summed E-state index contributed by atoms with van der Waals surface area (Å²) in [6.07, 6.45) is 1.41. The number of pyridine rings is 2. The smallest absolute Gasteiger partial charge is 0.416 e. The van der Waals surface area contributed by atoms with E-state index in [1.165, 1.54) is 32.8 Å². The lowest BCUT2D eigenvalue weighted by Crippen LogP contribution is -2.25. The van der Waals surface area contributed by atoms with Crippen molar-refractivity contribution in [1.29, 1.82) is 0 Å². The number of aryl methyl sites for hydroxylation is 1. The van der Waals surface area contributed by atoms with Crippen molar-refractivity contribution >= 4 is 33.2 Å². The minimum absolute atomic E-state index is 0.0386. The Kier molecular flexibility index (Phi) is 16.2. The lowest BCUT2D eigenvalue weighted by Gasteiger charge is -2.21. The van der Waals surface area contributed by atoms with Gasteiger partial charge in [-0.1, -0.05) is 26.0 Å². The van der Waals surface area contributed by atoms with Gasteiger partial charge in [-0.15, -0.1) is 0 Å². The molecule has 304 valence electrons. The molecule has 2 unspecified atom stereocenters. The second-order valence-corrected chi connectivity index (χ2v) is 13.7. The number of anilines is 2. The zero-order chi connectivity index (χ0) is 40.8. The summed E-state index contributed by atoms with van der Waals surface area (Å²) in [5.41, 5.74) is 8.92. The zero-order valence-electron chi connectivity index (χ0n) is 33.8. The van der Waals surface area contributed by atoms with E-state index in [0.29, 0.717) is 40.8 Å². The average Bonchev–Trinajstić information content (AvgIpc) is 3.19. The van der Waals surface area contributed by atoms with Gasteiger partial charge in [0.1, 0.15) is 17.0 Å². The molecule has 2 heterocycles. The number of nitrogens with two attached hydrogens (primary N) is 1. The van der Waals surface area contributed by atoms with Crippen LogP contribution in [-0.2, 0) is 6.18 Å². The average molecular weight is 779 g/mol. The zero-order valence-corrected chi connectivity index (χ0v) is 33.8. The summed E-state index contributed by atoms with van der Waals surface area (Å²) < 4.78 is 61.9. The van der Waals surface area contributed by atoms with Gasteiger partial charge in [0.05, 0.1) is 49.2 Å². The van der Waals surface area contributed by atoms with Crippen molar-refractivity contribution in [3.8, 4) is 28.9 Å². The molecule has 0 aliphatic rings. The van der Waals surface area contributed by atoms with Gasteiger partial charge in [-0.3, -0.25) is 4.98 Å². The lowest BCUT2D eigenvalue weighted by atomic mass is 10.1. The van der Waals surface area contributed by atoms with Crippen LogP contribution in [0.5, 0.6) is 28.9 Å². The molecule has 10 nitrogen and oxygen atoms in total. The first kappa shape index (κ1) is 43.7. The maximum atomic E-state index is 13.2. The summed E-state index contributed by atoms with van der Waals surface area (Å²) in [5.74, 6) is 1.95. The first-order valence-electron chi connectivity index (χ1n) is 19.1. The minimum atomic E-state index is -4.48. The van der Waals surface area contributed by atoms with Gasteiger partial charge in [0, 0.05) is 41.9 Å². The van der Waals surface area contributed by atoms with E-state index in [-0.39, 0.29) is 17.5 Å². The molecule has 0 spiro atoms. The number of methoxy groups -OCH3 is 3. The third-order valence-corrected chi connectivity index (χ3v) is 9.55. The SMILES string of the molecule is CCN(CC)CCCC(C)Nc1cc(OC)cc2cccnc12.COc1cc(C)c2c(Oc3cccc(C(F)(F)F)c3)c(OC)cc(NC(C)CCCN)c2n1. The summed E-state index contributed by atoms with van der Waals surface area (Å²) in [4.78, 5) is 11.6. The molecule has 56 heavy (non-hydrogen) atoms. The predicted octanol–water partition coefficient (Wildman–Crippen LogP) is 10.1. The normalized spacial score (nSPS) is 12.5. The molecule has 13 heteroatoms. The van der Waals surface area contributed by atoms with Crippen LogP contribution in [0.4, 0.5) is 24.5 Å². The van der Waals surface area contributed by atoms with E-state index < -0.39 is 11.7 Å². The first-order valence-corrected chi connectivity index (χ1v) is 19.1. The van der Waals surface area contributed by atoms with Gasteiger partial charge in [0.25, 0.3) is 0 Å². The molecule has 3 aromatic carbocycles. The van der Waals surface area contributed by atoms with Crippen molar-refractivity contribution < 1.29 is 32.1 Å². The van der Waals surface area contributed by atoms with Crippen LogP contribution in [0.1, 0.15) is 64.5 Å². The highest BCUT2D eigenvalue weighted by Crippen LogP contribution is 2.45. The lowest BCUT2D eigenvalue weighted by molar-refractivity contribution is -0.137. The second kappa shape index (κ2) is 20.8. The molecule has 0 aliphatic carbocycles. The molecular formula is C43H57F3N6O4. The van der Waals surface area contributed by atoms with Crippen LogP contribution in [0, 0.1) is 6.92 Å². The van der Waals surface area contributed by atoms with E-state index in [2.05, 4.69) is 52.3 Å². The third kappa shape index (κ3) is 11.8. The molecule has 2 atom stereocenters. The van der Waals surface area contributed by atoms with Crippen LogP contribution in [0.15, 0.2) is 66.9 Å². The Morgan fingerprint density at radius 3 is 2.12 bits per heavy atom. The van der Waals surface area contributed by atoms with Crippen LogP contribution >= 0.6 is 0 Å². The number of nitrogens with zero attached hydrogens (tertiary/aromatic N) is 3. The summed E-state index contributed by atoms with van der Waals surface area (Å²) in [5, 5.41) is 8.76. The number of hydrogen-bond acceptors (Lipinski definition) is 10. The fourth-order valence-corrected chi connectivity index (χ4v) is 6.49. The molecule has 0 aliphatic heterocycles. The summed E-state index contributed by atoms with van der Waals surface area (Å²) >= 11 is 0. The van der Waals surface area contributed by atoms with Gasteiger partial charge >= 0.3 is 6.18 Å². The number of aromatic nitrogens is 2. The molecule has 5 aromatic rings. The molecule has 4 N–H and O–H groups in total. The van der Waals surface area contributed by atoms with Gasteiger partial charge in [-0.25, -0.2) is 4.98 Å². The minimum Gasteiger partial charge on any atom is -0.497 e. The molecule has 0 amide bonds. The van der Waals surface area contributed by atoms with Gasteiger partial charge in [-0.05, 0) is 109 Å². The largest absolute Gasteiger partial charge is 0.497 e. The van der Waals surface area contributed by atoms with E-state index in [0.717, 1.165) is 78.9 Å². The van der Waals surface area contributed by atoms with Crippen molar-refractivity contribution in [1.82, 2.24) is 14.9 Å². The number of hydrogen-bond donors (Lipinski definition) is 3. The van der Waals surface area contributed by atoms with E-state index in [1.807, 2.05) is 38.2 Å². The third-order valence-electron chi connectivity index (χ3n) is 9.55. The topological polar surface area (TPSA) is 116 Å². The second-order valence-electron chi connectivity index (χ2n) is 13.7. The van der Waals surface area contributed by atoms with Crippen LogP contribution in [-0.4, -0.2) is 74.5 Å². The van der Waals surface area contributed by atoms with E-state index in [4.69, 9.17) is 24.7 Å². The highest BCUT2D eigenvalue weighted by molar-refractivity contribution is 6.00. The summed E-state index contributed by atoms with van der Waals surface area (Å²) in [7, 11) is 4.71. The fraction of sp³-hybridized carbons (Fsp3) is 0.442. The molecule has 5 rings (SSSR count). The maximum Gasteiger partial charge on any atom is 0.416 e. The molecule has 0 fully saturated rings. The number of nitrogens with one attached hydrogen (secondary N) is 2. The van der Waals surface area contributed by atoms with E-state index in [1.54, 1.807) is 19.2 Å². The Balaban J connectivity index is 0.000000265. The number of fused-ring (bicyclic) bond motifs is 2. The number of ether oxygens (including phenoxy) is 4. The fourth-order valence-electron chi connectivity index (χ4n) is 6.49. The van der Waals surface area contributed by atoms with E-state index >= 15 is 0 Å². The Labute approximate surface area is 328 Å². The predicted molar refractivity (Wildman–Crippen MR) is 221 cm³/mol. The Hall–Kier alpha value is -5.01. The molecule has 0 radical (unpaired) electrons. The summed E-state index contributed by atoms with van der Waals surface area (Å²) in [6.45, 7) is 14.6. The van der Waals surface area contributed by atoms with Crippen LogP contribution in [0.3, 0.4) is 0 Å². The number of alkyl halides is 3. The van der Waals surface area contributed by atoms with Crippen molar-refractivity contribution in [3.63, 3.8) is 0 Å². The number of benzene rings is 3. The Bertz CT molecular complexity index is 2010. The standard InChI is InChI=1S/C24H28F3N3O3.C19H29N3O/c1-14-11-20(32-4)30-22-18(29-15(2)7-6-10-28)13-19(31-3)23(21(14)22)33-17-9-5-8-16(12-17)24(25,26)27;1-5-22(6-2)12-8-9-15(3)21-18-14-17(23-4)13-16-10-7-11-20-19(16)18/h5,8-9,11-13,15,29H,6-7,10,28H2,1-4H3;7,10-11,13-15,21H,5-6,8-9,12H2,1-4H3.